The van der Waals surface area contributed by atoms with Crippen LogP contribution in [0.2, 0.25) is 0 Å². The van der Waals surface area contributed by atoms with Crippen LogP contribution < -0.4 is 5.32 Å². The molecule has 2 heterocycles. The van der Waals surface area contributed by atoms with Crippen LogP contribution in [0.1, 0.15) is 46.1 Å². The molecule has 3 rings (SSSR count). The number of likely N-dealkylation sites (tertiary alicyclic amines) is 1. The number of amides is 1. The van der Waals surface area contributed by atoms with E-state index in [1.54, 1.807) is 13.8 Å². The van der Waals surface area contributed by atoms with E-state index in [2.05, 4.69) is 39.5 Å². The highest BCUT2D eigenvalue weighted by Gasteiger charge is 2.15. The number of carbonyl (C=O) groups excluding carboxylic acids is 1. The molecule has 0 atom stereocenters. The van der Waals surface area contributed by atoms with E-state index in [1.807, 2.05) is 0 Å². The Morgan fingerprint density at radius 1 is 1.17 bits per heavy atom. The minimum atomic E-state index is -0.218. The van der Waals surface area contributed by atoms with Crippen molar-refractivity contribution >= 4 is 5.91 Å². The summed E-state index contributed by atoms with van der Waals surface area (Å²) in [7, 11) is 0. The lowest BCUT2D eigenvalue weighted by molar-refractivity contribution is 0.0921. The zero-order valence-electron chi connectivity index (χ0n) is 13.8. The largest absolute Gasteiger partial charge is 0.436 e. The molecule has 5 heteroatoms. The van der Waals surface area contributed by atoms with Gasteiger partial charge in [-0.3, -0.25) is 9.69 Å². The number of aromatic nitrogens is 1. The Kier molecular flexibility index (Phi) is 4.76. The zero-order valence-corrected chi connectivity index (χ0v) is 13.8. The van der Waals surface area contributed by atoms with Crippen molar-refractivity contribution in [2.75, 3.05) is 13.1 Å². The Morgan fingerprint density at radius 2 is 1.83 bits per heavy atom. The van der Waals surface area contributed by atoms with Gasteiger partial charge in [-0.1, -0.05) is 24.3 Å². The van der Waals surface area contributed by atoms with Gasteiger partial charge in [0.15, 0.2) is 5.89 Å². The van der Waals surface area contributed by atoms with E-state index in [0.717, 1.165) is 12.1 Å². The Balaban J connectivity index is 1.53. The van der Waals surface area contributed by atoms with Crippen LogP contribution in [-0.4, -0.2) is 28.9 Å². The number of aryl methyl sites for hydroxylation is 2. The molecule has 5 nitrogen and oxygen atoms in total. The Labute approximate surface area is 136 Å². The van der Waals surface area contributed by atoms with Gasteiger partial charge in [0.05, 0.1) is 5.69 Å². The highest BCUT2D eigenvalue weighted by molar-refractivity contribution is 5.92. The van der Waals surface area contributed by atoms with Crippen molar-refractivity contribution in [3.05, 3.63) is 52.7 Å². The van der Waals surface area contributed by atoms with Gasteiger partial charge in [-0.2, -0.15) is 0 Å². The maximum Gasteiger partial charge on any atom is 0.289 e. The Hall–Kier alpha value is -2.14. The van der Waals surface area contributed by atoms with Crippen molar-refractivity contribution in [3.8, 4) is 0 Å². The number of benzene rings is 1. The van der Waals surface area contributed by atoms with E-state index in [0.29, 0.717) is 23.9 Å². The molecule has 1 N–H and O–H groups in total. The molecule has 1 fully saturated rings. The van der Waals surface area contributed by atoms with E-state index in [4.69, 9.17) is 4.42 Å². The maximum atomic E-state index is 12.1. The Morgan fingerprint density at radius 3 is 2.43 bits per heavy atom. The summed E-state index contributed by atoms with van der Waals surface area (Å²) in [6.07, 6.45) is 2.62. The molecule has 0 aliphatic carbocycles. The first-order chi connectivity index (χ1) is 11.1. The number of hydrogen-bond donors (Lipinski definition) is 1. The maximum absolute atomic E-state index is 12.1. The fourth-order valence-corrected chi connectivity index (χ4v) is 2.97. The van der Waals surface area contributed by atoms with Gasteiger partial charge < -0.3 is 9.73 Å². The van der Waals surface area contributed by atoms with Crippen molar-refractivity contribution in [2.45, 2.75) is 39.8 Å². The zero-order chi connectivity index (χ0) is 16.2. The molecular weight excluding hydrogens is 290 g/mol. The minimum absolute atomic E-state index is 0.218. The van der Waals surface area contributed by atoms with E-state index in [1.165, 1.54) is 31.5 Å². The first-order valence-corrected chi connectivity index (χ1v) is 8.14. The molecule has 0 bridgehead atoms. The van der Waals surface area contributed by atoms with Gasteiger partial charge in [0, 0.05) is 20.0 Å². The summed E-state index contributed by atoms with van der Waals surface area (Å²) in [6, 6.07) is 8.43. The molecule has 1 saturated heterocycles. The lowest BCUT2D eigenvalue weighted by Crippen LogP contribution is -2.23. The van der Waals surface area contributed by atoms with Crippen LogP contribution in [-0.2, 0) is 13.1 Å². The number of carbonyl (C=O) groups is 1. The van der Waals surface area contributed by atoms with Crippen LogP contribution in [0.3, 0.4) is 0 Å². The molecule has 122 valence electrons. The fourth-order valence-electron chi connectivity index (χ4n) is 2.97. The van der Waals surface area contributed by atoms with Crippen molar-refractivity contribution in [1.82, 2.24) is 15.2 Å². The quantitative estimate of drug-likeness (QED) is 0.922. The molecule has 0 radical (unpaired) electrons. The molecular formula is C18H23N3O2. The summed E-state index contributed by atoms with van der Waals surface area (Å²) in [5, 5.41) is 2.88. The predicted molar refractivity (Wildman–Crippen MR) is 88.1 cm³/mol. The van der Waals surface area contributed by atoms with Crippen LogP contribution in [0.4, 0.5) is 0 Å². The van der Waals surface area contributed by atoms with Gasteiger partial charge in [-0.05, 0) is 44.0 Å². The fraction of sp³-hybridized carbons (Fsp3) is 0.444. The van der Waals surface area contributed by atoms with Gasteiger partial charge in [-0.15, -0.1) is 0 Å². The van der Waals surface area contributed by atoms with E-state index >= 15 is 0 Å². The second kappa shape index (κ2) is 6.96. The van der Waals surface area contributed by atoms with Crippen LogP contribution in [0.15, 0.2) is 28.7 Å². The molecule has 1 aromatic carbocycles. The normalized spacial score (nSPS) is 15.0. The van der Waals surface area contributed by atoms with E-state index in [9.17, 15) is 4.79 Å². The first kappa shape index (κ1) is 15.7. The van der Waals surface area contributed by atoms with Gasteiger partial charge in [-0.25, -0.2) is 4.98 Å². The molecule has 1 aliphatic heterocycles. The smallest absolute Gasteiger partial charge is 0.289 e. The number of rotatable bonds is 5. The highest BCUT2D eigenvalue weighted by Crippen LogP contribution is 2.14. The second-order valence-corrected chi connectivity index (χ2v) is 6.13. The molecule has 1 amide bonds. The standard InChI is InChI=1S/C18H23N3O2/c1-13-17(23-14(2)20-13)18(22)19-11-15-5-7-16(8-6-15)12-21-9-3-4-10-21/h5-8H,3-4,9-12H2,1-2H3,(H,19,22). The van der Waals surface area contributed by atoms with E-state index in [-0.39, 0.29) is 5.91 Å². The monoisotopic (exact) mass is 313 g/mol. The lowest BCUT2D eigenvalue weighted by atomic mass is 10.1. The van der Waals surface area contributed by atoms with E-state index < -0.39 is 0 Å². The van der Waals surface area contributed by atoms with Crippen molar-refractivity contribution in [1.29, 1.82) is 0 Å². The van der Waals surface area contributed by atoms with Crippen molar-refractivity contribution in [3.63, 3.8) is 0 Å². The third-order valence-corrected chi connectivity index (χ3v) is 4.19. The third kappa shape index (κ3) is 3.99. The summed E-state index contributed by atoms with van der Waals surface area (Å²) in [6.45, 7) is 7.42. The molecule has 1 aliphatic rings. The molecule has 0 spiro atoms. The number of oxazole rings is 1. The van der Waals surface area contributed by atoms with Crippen LogP contribution in [0.5, 0.6) is 0 Å². The minimum Gasteiger partial charge on any atom is -0.436 e. The number of nitrogens with zero attached hydrogens (tertiary/aromatic N) is 2. The Bertz CT molecular complexity index is 670. The average Bonchev–Trinajstić information content (AvgIpc) is 3.15. The van der Waals surface area contributed by atoms with Crippen molar-refractivity contribution < 1.29 is 9.21 Å². The summed E-state index contributed by atoms with van der Waals surface area (Å²) in [4.78, 5) is 18.7. The SMILES string of the molecule is Cc1nc(C)c(C(=O)NCc2ccc(CN3CCCC3)cc2)o1. The van der Waals surface area contributed by atoms with Gasteiger partial charge >= 0.3 is 0 Å². The highest BCUT2D eigenvalue weighted by atomic mass is 16.4. The average molecular weight is 313 g/mol. The topological polar surface area (TPSA) is 58.4 Å². The second-order valence-electron chi connectivity index (χ2n) is 6.13. The van der Waals surface area contributed by atoms with Crippen LogP contribution in [0.25, 0.3) is 0 Å². The van der Waals surface area contributed by atoms with Gasteiger partial charge in [0.1, 0.15) is 0 Å². The summed E-state index contributed by atoms with van der Waals surface area (Å²) in [5.74, 6) is 0.594. The first-order valence-electron chi connectivity index (χ1n) is 8.14. The third-order valence-electron chi connectivity index (χ3n) is 4.19. The van der Waals surface area contributed by atoms with Crippen molar-refractivity contribution in [2.24, 2.45) is 0 Å². The van der Waals surface area contributed by atoms with Gasteiger partial charge in [0.2, 0.25) is 5.76 Å². The summed E-state index contributed by atoms with van der Waals surface area (Å²) >= 11 is 0. The number of nitrogens with one attached hydrogen (secondary N) is 1. The van der Waals surface area contributed by atoms with Crippen LogP contribution >= 0.6 is 0 Å². The molecule has 23 heavy (non-hydrogen) atoms. The molecule has 0 saturated carbocycles. The summed E-state index contributed by atoms with van der Waals surface area (Å²) in [5.41, 5.74) is 3.03. The molecule has 2 aromatic rings. The molecule has 1 aromatic heterocycles. The number of hydrogen-bond acceptors (Lipinski definition) is 4. The van der Waals surface area contributed by atoms with Crippen LogP contribution in [0, 0.1) is 13.8 Å². The van der Waals surface area contributed by atoms with Gasteiger partial charge in [0.25, 0.3) is 5.91 Å². The predicted octanol–water partition coefficient (Wildman–Crippen LogP) is 2.82. The summed E-state index contributed by atoms with van der Waals surface area (Å²) < 4.78 is 5.33. The lowest BCUT2D eigenvalue weighted by Gasteiger charge is -2.14. The molecule has 0 unspecified atom stereocenters.